The third-order valence-electron chi connectivity index (χ3n) is 5.27. The number of hydrogen-bond acceptors (Lipinski definition) is 3. The highest BCUT2D eigenvalue weighted by atomic mass is 19.1. The predicted molar refractivity (Wildman–Crippen MR) is 109 cm³/mol. The Hall–Kier alpha value is -2.96. The second-order valence-electron chi connectivity index (χ2n) is 7.47. The van der Waals surface area contributed by atoms with Crippen molar-refractivity contribution in [2.45, 2.75) is 26.7 Å². The van der Waals surface area contributed by atoms with Crippen molar-refractivity contribution in [1.29, 1.82) is 0 Å². The molecule has 2 aromatic carbocycles. The number of hydrogen-bond donors (Lipinski definition) is 0. The number of amides is 2. The molecule has 7 heteroatoms. The smallest absolute Gasteiger partial charge is 0.256 e. The highest BCUT2D eigenvalue weighted by Gasteiger charge is 2.26. The Morgan fingerprint density at radius 1 is 0.967 bits per heavy atom. The summed E-state index contributed by atoms with van der Waals surface area (Å²) in [6.45, 7) is 5.87. The molecule has 0 radical (unpaired) electrons. The summed E-state index contributed by atoms with van der Waals surface area (Å²) in [7, 11) is 0. The summed E-state index contributed by atoms with van der Waals surface area (Å²) in [5.74, 6) is -1.20. The van der Waals surface area contributed by atoms with Crippen LogP contribution in [0.25, 0.3) is 0 Å². The summed E-state index contributed by atoms with van der Waals surface area (Å²) in [4.78, 5) is 28.1. The van der Waals surface area contributed by atoms with Gasteiger partial charge in [-0.15, -0.1) is 0 Å². The van der Waals surface area contributed by atoms with Crippen LogP contribution in [0.2, 0.25) is 0 Å². The fourth-order valence-electron chi connectivity index (χ4n) is 3.57. The molecule has 5 nitrogen and oxygen atoms in total. The Kier molecular flexibility index (Phi) is 7.03. The van der Waals surface area contributed by atoms with Crippen molar-refractivity contribution in [2.24, 2.45) is 0 Å². The molecular weight excluding hydrogens is 390 g/mol. The average Bonchev–Trinajstić information content (AvgIpc) is 2.72. The Balaban J connectivity index is 1.43. The molecule has 0 atom stereocenters. The third-order valence-corrected chi connectivity index (χ3v) is 5.27. The highest BCUT2D eigenvalue weighted by molar-refractivity contribution is 5.94. The van der Waals surface area contributed by atoms with E-state index in [4.69, 9.17) is 4.74 Å². The molecule has 0 N–H and O–H groups in total. The average molecular weight is 416 g/mol. The first kappa shape index (κ1) is 21.7. The van der Waals surface area contributed by atoms with Gasteiger partial charge in [-0.05, 0) is 43.5 Å². The molecule has 0 spiro atoms. The molecule has 1 fully saturated rings. The molecule has 160 valence electrons. The summed E-state index contributed by atoms with van der Waals surface area (Å²) >= 11 is 0. The molecule has 0 aliphatic carbocycles. The molecule has 1 heterocycles. The van der Waals surface area contributed by atoms with Gasteiger partial charge in [-0.2, -0.15) is 0 Å². The van der Waals surface area contributed by atoms with Crippen LogP contribution in [0, 0.1) is 25.5 Å². The van der Waals surface area contributed by atoms with Crippen molar-refractivity contribution < 1.29 is 23.1 Å². The van der Waals surface area contributed by atoms with Gasteiger partial charge in [0.25, 0.3) is 5.91 Å². The van der Waals surface area contributed by atoms with Crippen LogP contribution in [-0.4, -0.2) is 54.4 Å². The molecule has 2 amide bonds. The van der Waals surface area contributed by atoms with Gasteiger partial charge in [0.2, 0.25) is 5.91 Å². The maximum absolute atomic E-state index is 13.8. The van der Waals surface area contributed by atoms with E-state index in [1.807, 2.05) is 32.0 Å². The van der Waals surface area contributed by atoms with Gasteiger partial charge in [0.05, 0.1) is 12.2 Å². The topological polar surface area (TPSA) is 49.9 Å². The van der Waals surface area contributed by atoms with Gasteiger partial charge in [0.1, 0.15) is 17.4 Å². The summed E-state index contributed by atoms with van der Waals surface area (Å²) in [6, 6.07) is 8.89. The molecule has 0 bridgehead atoms. The Labute approximate surface area is 175 Å². The number of carbonyl (C=O) groups is 2. The first-order chi connectivity index (χ1) is 14.4. The summed E-state index contributed by atoms with van der Waals surface area (Å²) in [5.41, 5.74) is 1.99. The number of rotatable bonds is 6. The van der Waals surface area contributed by atoms with Crippen LogP contribution in [0.3, 0.4) is 0 Å². The zero-order chi connectivity index (χ0) is 21.7. The van der Waals surface area contributed by atoms with Gasteiger partial charge in [-0.1, -0.05) is 18.2 Å². The Bertz CT molecular complexity index is 904. The van der Waals surface area contributed by atoms with E-state index in [1.54, 1.807) is 4.90 Å². The SMILES string of the molecule is Cc1cccc(C)c1OCCCC(=O)N1CCN(C(=O)c2ccc(F)cc2F)CC1. The monoisotopic (exact) mass is 416 g/mol. The number of halogens is 2. The van der Waals surface area contributed by atoms with E-state index >= 15 is 0 Å². The van der Waals surface area contributed by atoms with Gasteiger partial charge in [0, 0.05) is 38.7 Å². The van der Waals surface area contributed by atoms with Crippen molar-refractivity contribution in [2.75, 3.05) is 32.8 Å². The fraction of sp³-hybridized carbons (Fsp3) is 0.391. The lowest BCUT2D eigenvalue weighted by atomic mass is 10.1. The van der Waals surface area contributed by atoms with Crippen molar-refractivity contribution in [3.05, 3.63) is 64.7 Å². The molecular formula is C23H26F2N2O3. The van der Waals surface area contributed by atoms with Crippen LogP contribution < -0.4 is 4.74 Å². The highest BCUT2D eigenvalue weighted by Crippen LogP contribution is 2.22. The first-order valence-electron chi connectivity index (χ1n) is 10.1. The van der Waals surface area contributed by atoms with Gasteiger partial charge >= 0.3 is 0 Å². The molecule has 30 heavy (non-hydrogen) atoms. The molecule has 1 aliphatic rings. The molecule has 1 aliphatic heterocycles. The zero-order valence-electron chi connectivity index (χ0n) is 17.3. The number of aryl methyl sites for hydroxylation is 2. The van der Waals surface area contributed by atoms with Crippen molar-refractivity contribution in [3.8, 4) is 5.75 Å². The molecule has 1 saturated heterocycles. The number of benzene rings is 2. The molecule has 0 saturated carbocycles. The largest absolute Gasteiger partial charge is 0.493 e. The molecule has 2 aromatic rings. The lowest BCUT2D eigenvalue weighted by molar-refractivity contribution is -0.132. The maximum Gasteiger partial charge on any atom is 0.256 e. The summed E-state index contributed by atoms with van der Waals surface area (Å²) in [5, 5.41) is 0. The van der Waals surface area contributed by atoms with E-state index in [9.17, 15) is 18.4 Å². The summed E-state index contributed by atoms with van der Waals surface area (Å²) in [6.07, 6.45) is 0.970. The van der Waals surface area contributed by atoms with Crippen molar-refractivity contribution in [3.63, 3.8) is 0 Å². The van der Waals surface area contributed by atoms with Crippen LogP contribution >= 0.6 is 0 Å². The minimum absolute atomic E-state index is 0.0140. The molecule has 0 aromatic heterocycles. The van der Waals surface area contributed by atoms with E-state index in [2.05, 4.69) is 0 Å². The van der Waals surface area contributed by atoms with Crippen LogP contribution in [-0.2, 0) is 4.79 Å². The van der Waals surface area contributed by atoms with E-state index in [0.717, 1.165) is 29.0 Å². The number of carbonyl (C=O) groups excluding carboxylic acids is 2. The first-order valence-corrected chi connectivity index (χ1v) is 10.1. The number of piperazine rings is 1. The second kappa shape index (κ2) is 9.69. The zero-order valence-corrected chi connectivity index (χ0v) is 17.3. The van der Waals surface area contributed by atoms with Crippen LogP contribution in [0.15, 0.2) is 36.4 Å². The lowest BCUT2D eigenvalue weighted by Crippen LogP contribution is -2.50. The van der Waals surface area contributed by atoms with E-state index in [0.29, 0.717) is 51.7 Å². The quantitative estimate of drug-likeness (QED) is 0.675. The van der Waals surface area contributed by atoms with E-state index in [1.165, 1.54) is 4.90 Å². The summed E-state index contributed by atoms with van der Waals surface area (Å²) < 4.78 is 32.7. The van der Waals surface area contributed by atoms with Crippen LogP contribution in [0.5, 0.6) is 5.75 Å². The minimum Gasteiger partial charge on any atom is -0.493 e. The van der Waals surface area contributed by atoms with Gasteiger partial charge < -0.3 is 14.5 Å². The number of nitrogens with zero attached hydrogens (tertiary/aromatic N) is 2. The minimum atomic E-state index is -0.873. The maximum atomic E-state index is 13.8. The normalized spacial score (nSPS) is 14.0. The standard InChI is InChI=1S/C23H26F2N2O3/c1-16-5-3-6-17(2)22(16)30-14-4-7-21(28)26-10-12-27(13-11-26)23(29)19-9-8-18(24)15-20(19)25/h3,5-6,8-9,15H,4,7,10-14H2,1-2H3. The fourth-order valence-corrected chi connectivity index (χ4v) is 3.57. The van der Waals surface area contributed by atoms with Gasteiger partial charge in [-0.25, -0.2) is 8.78 Å². The van der Waals surface area contributed by atoms with E-state index < -0.39 is 17.5 Å². The Morgan fingerprint density at radius 2 is 1.60 bits per heavy atom. The lowest BCUT2D eigenvalue weighted by Gasteiger charge is -2.35. The molecule has 3 rings (SSSR count). The van der Waals surface area contributed by atoms with Crippen LogP contribution in [0.4, 0.5) is 8.78 Å². The molecule has 0 unspecified atom stereocenters. The van der Waals surface area contributed by atoms with Crippen molar-refractivity contribution >= 4 is 11.8 Å². The van der Waals surface area contributed by atoms with Crippen molar-refractivity contribution in [1.82, 2.24) is 9.80 Å². The number of para-hydroxylation sites is 1. The number of ether oxygens (including phenoxy) is 1. The Morgan fingerprint density at radius 3 is 2.23 bits per heavy atom. The second-order valence-corrected chi connectivity index (χ2v) is 7.47. The predicted octanol–water partition coefficient (Wildman–Crippen LogP) is 3.73. The van der Waals surface area contributed by atoms with E-state index in [-0.39, 0.29) is 11.5 Å². The third kappa shape index (κ3) is 5.14. The van der Waals surface area contributed by atoms with Crippen LogP contribution in [0.1, 0.15) is 34.3 Å². The van der Waals surface area contributed by atoms with Gasteiger partial charge in [-0.3, -0.25) is 9.59 Å². The van der Waals surface area contributed by atoms with Gasteiger partial charge in [0.15, 0.2) is 0 Å².